The molecule has 1 aromatic heterocycles. The van der Waals surface area contributed by atoms with E-state index in [4.69, 9.17) is 9.47 Å². The number of carbonyl (C=O) groups excluding carboxylic acids is 2. The summed E-state index contributed by atoms with van der Waals surface area (Å²) in [5.74, 6) is -0.253. The molecule has 4 rings (SSSR count). The van der Waals surface area contributed by atoms with Crippen LogP contribution in [0.25, 0.3) is 0 Å². The molecular weight excluding hydrogens is 374 g/mol. The number of nitrogens with one attached hydrogen (secondary N) is 2. The van der Waals surface area contributed by atoms with Gasteiger partial charge in [-0.3, -0.25) is 9.59 Å². The van der Waals surface area contributed by atoms with E-state index in [-0.39, 0.29) is 17.5 Å². The van der Waals surface area contributed by atoms with E-state index in [9.17, 15) is 9.59 Å². The fourth-order valence-electron chi connectivity index (χ4n) is 3.54. The minimum absolute atomic E-state index is 0.176. The van der Waals surface area contributed by atoms with Crippen LogP contribution in [0.1, 0.15) is 30.3 Å². The summed E-state index contributed by atoms with van der Waals surface area (Å²) in [6, 6.07) is 6.91. The van der Waals surface area contributed by atoms with Crippen molar-refractivity contribution in [3.8, 4) is 0 Å². The summed E-state index contributed by atoms with van der Waals surface area (Å²) < 4.78 is 11.5. The second kappa shape index (κ2) is 8.14. The van der Waals surface area contributed by atoms with Crippen molar-refractivity contribution >= 4 is 29.0 Å². The molecule has 0 bridgehead atoms. The molecule has 9 nitrogen and oxygen atoms in total. The Labute approximate surface area is 168 Å². The van der Waals surface area contributed by atoms with Crippen LogP contribution in [-0.2, 0) is 14.3 Å². The summed E-state index contributed by atoms with van der Waals surface area (Å²) in [6.07, 6.45) is 4.63. The molecule has 2 fully saturated rings. The molecule has 0 radical (unpaired) electrons. The molecule has 2 saturated heterocycles. The normalized spacial score (nSPS) is 17.9. The molecule has 29 heavy (non-hydrogen) atoms. The molecule has 0 aliphatic carbocycles. The van der Waals surface area contributed by atoms with Crippen molar-refractivity contribution in [2.45, 2.75) is 25.6 Å². The van der Waals surface area contributed by atoms with Gasteiger partial charge >= 0.3 is 0 Å². The number of rotatable bonds is 4. The summed E-state index contributed by atoms with van der Waals surface area (Å²) in [4.78, 5) is 34.4. The third kappa shape index (κ3) is 4.52. The van der Waals surface area contributed by atoms with Crippen LogP contribution in [0, 0.1) is 0 Å². The molecule has 9 heteroatoms. The highest BCUT2D eigenvalue weighted by molar-refractivity contribution is 6.03. The quantitative estimate of drug-likeness (QED) is 0.813. The molecule has 1 spiro atoms. The Morgan fingerprint density at radius 3 is 2.34 bits per heavy atom. The van der Waals surface area contributed by atoms with E-state index in [2.05, 4.69) is 25.5 Å². The maximum absolute atomic E-state index is 12.5. The first-order valence-electron chi connectivity index (χ1n) is 9.57. The van der Waals surface area contributed by atoms with Crippen molar-refractivity contribution in [1.82, 2.24) is 9.97 Å². The van der Waals surface area contributed by atoms with Crippen molar-refractivity contribution < 1.29 is 19.1 Å². The Balaban J connectivity index is 1.36. The molecule has 0 saturated carbocycles. The molecule has 2 aliphatic rings. The number of benzene rings is 1. The van der Waals surface area contributed by atoms with Crippen LogP contribution in [-0.4, -0.2) is 53.9 Å². The maximum atomic E-state index is 12.5. The van der Waals surface area contributed by atoms with Crippen molar-refractivity contribution in [3.05, 3.63) is 42.4 Å². The fraction of sp³-hybridized carbons (Fsp3) is 0.400. The first kappa shape index (κ1) is 19.3. The van der Waals surface area contributed by atoms with Crippen LogP contribution in [0.5, 0.6) is 0 Å². The molecule has 0 atom stereocenters. The van der Waals surface area contributed by atoms with E-state index >= 15 is 0 Å². The smallest absolute Gasteiger partial charge is 0.275 e. The fourth-order valence-corrected chi connectivity index (χ4v) is 3.54. The number of aromatic nitrogens is 2. The van der Waals surface area contributed by atoms with E-state index in [1.165, 1.54) is 13.1 Å². The van der Waals surface area contributed by atoms with Gasteiger partial charge in [-0.1, -0.05) is 6.07 Å². The molecular formula is C20H23N5O4. The lowest BCUT2D eigenvalue weighted by atomic mass is 10.0. The zero-order valence-corrected chi connectivity index (χ0v) is 16.2. The number of nitrogens with zero attached hydrogens (tertiary/aromatic N) is 3. The van der Waals surface area contributed by atoms with Gasteiger partial charge in [-0.15, -0.1) is 0 Å². The van der Waals surface area contributed by atoms with Crippen LogP contribution < -0.4 is 15.5 Å². The van der Waals surface area contributed by atoms with E-state index in [1.54, 1.807) is 30.5 Å². The minimum atomic E-state index is -0.435. The average molecular weight is 397 g/mol. The Kier molecular flexibility index (Phi) is 5.41. The standard InChI is InChI=1S/C20H23N5O4/c1-14(26)23-15-3-2-4-16(11-15)24-19(27)17-12-22-18(13-21-17)25-7-5-20(6-8-25)28-9-10-29-20/h2-4,11-13H,5-10H2,1H3,(H,23,26)(H,24,27). The van der Waals surface area contributed by atoms with Crippen molar-refractivity contribution in [1.29, 1.82) is 0 Å². The second-order valence-electron chi connectivity index (χ2n) is 7.07. The largest absolute Gasteiger partial charge is 0.355 e. The summed E-state index contributed by atoms with van der Waals surface area (Å²) in [5, 5.41) is 5.44. The highest BCUT2D eigenvalue weighted by Gasteiger charge is 2.40. The van der Waals surface area contributed by atoms with Gasteiger partial charge in [0.2, 0.25) is 5.91 Å². The van der Waals surface area contributed by atoms with Gasteiger partial charge in [-0.05, 0) is 18.2 Å². The van der Waals surface area contributed by atoms with Gasteiger partial charge in [0.15, 0.2) is 5.79 Å². The van der Waals surface area contributed by atoms with Crippen LogP contribution in [0.3, 0.4) is 0 Å². The van der Waals surface area contributed by atoms with Gasteiger partial charge in [0.05, 0.1) is 25.6 Å². The van der Waals surface area contributed by atoms with Gasteiger partial charge in [0.1, 0.15) is 11.5 Å². The second-order valence-corrected chi connectivity index (χ2v) is 7.07. The van der Waals surface area contributed by atoms with Gasteiger partial charge in [-0.25, -0.2) is 9.97 Å². The number of hydrogen-bond donors (Lipinski definition) is 2. The van der Waals surface area contributed by atoms with E-state index in [0.717, 1.165) is 31.7 Å². The molecule has 2 aromatic rings. The Morgan fingerprint density at radius 2 is 1.72 bits per heavy atom. The first-order chi connectivity index (χ1) is 14.0. The third-order valence-corrected chi connectivity index (χ3v) is 4.97. The summed E-state index contributed by atoms with van der Waals surface area (Å²) in [6.45, 7) is 4.25. The molecule has 152 valence electrons. The number of ether oxygens (including phenoxy) is 2. The van der Waals surface area contributed by atoms with Gasteiger partial charge in [0.25, 0.3) is 5.91 Å². The average Bonchev–Trinajstić information content (AvgIpc) is 3.16. The van der Waals surface area contributed by atoms with Crippen LogP contribution in [0.15, 0.2) is 36.7 Å². The zero-order valence-electron chi connectivity index (χ0n) is 16.2. The van der Waals surface area contributed by atoms with Gasteiger partial charge < -0.3 is 25.0 Å². The minimum Gasteiger partial charge on any atom is -0.355 e. The predicted molar refractivity (Wildman–Crippen MR) is 107 cm³/mol. The van der Waals surface area contributed by atoms with Crippen LogP contribution in [0.4, 0.5) is 17.2 Å². The maximum Gasteiger partial charge on any atom is 0.275 e. The number of piperidine rings is 1. The first-order valence-corrected chi connectivity index (χ1v) is 9.57. The van der Waals surface area contributed by atoms with Crippen molar-refractivity contribution in [2.24, 2.45) is 0 Å². The molecule has 2 amide bonds. The highest BCUT2D eigenvalue weighted by atomic mass is 16.7. The zero-order chi connectivity index (χ0) is 20.3. The molecule has 2 aliphatic heterocycles. The lowest BCUT2D eigenvalue weighted by molar-refractivity contribution is -0.169. The summed E-state index contributed by atoms with van der Waals surface area (Å²) in [5.41, 5.74) is 1.38. The summed E-state index contributed by atoms with van der Waals surface area (Å²) in [7, 11) is 0. The van der Waals surface area contributed by atoms with Gasteiger partial charge in [0, 0.05) is 44.2 Å². The molecule has 1 aromatic carbocycles. The van der Waals surface area contributed by atoms with Crippen LogP contribution in [0.2, 0.25) is 0 Å². The van der Waals surface area contributed by atoms with E-state index in [0.29, 0.717) is 24.6 Å². The summed E-state index contributed by atoms with van der Waals surface area (Å²) >= 11 is 0. The Hall–Kier alpha value is -3.04. The highest BCUT2D eigenvalue weighted by Crippen LogP contribution is 2.32. The number of anilines is 3. The Morgan fingerprint density at radius 1 is 1.03 bits per heavy atom. The molecule has 2 N–H and O–H groups in total. The number of amides is 2. The number of hydrogen-bond acceptors (Lipinski definition) is 7. The van der Waals surface area contributed by atoms with E-state index < -0.39 is 5.79 Å². The van der Waals surface area contributed by atoms with Crippen molar-refractivity contribution in [3.63, 3.8) is 0 Å². The van der Waals surface area contributed by atoms with Gasteiger partial charge in [-0.2, -0.15) is 0 Å². The lowest BCUT2D eigenvalue weighted by Gasteiger charge is -2.37. The SMILES string of the molecule is CC(=O)Nc1cccc(NC(=O)c2cnc(N3CCC4(CC3)OCCO4)cn2)c1. The van der Waals surface area contributed by atoms with E-state index in [1.807, 2.05) is 0 Å². The molecule has 0 unspecified atom stereocenters. The Bertz CT molecular complexity index is 886. The number of carbonyl (C=O) groups is 2. The molecule has 3 heterocycles. The monoisotopic (exact) mass is 397 g/mol. The predicted octanol–water partition coefficient (Wildman–Crippen LogP) is 2.03. The third-order valence-electron chi connectivity index (χ3n) is 4.97. The topological polar surface area (TPSA) is 106 Å². The van der Waals surface area contributed by atoms with Crippen LogP contribution >= 0.6 is 0 Å². The lowest BCUT2D eigenvalue weighted by Crippen LogP contribution is -2.45. The van der Waals surface area contributed by atoms with Crippen molar-refractivity contribution in [2.75, 3.05) is 41.8 Å².